The molecule has 0 aromatic carbocycles. The molecule has 0 unspecified atom stereocenters. The van der Waals surface area contributed by atoms with Crippen LogP contribution in [0.2, 0.25) is 0 Å². The third-order valence-electron chi connectivity index (χ3n) is 1.64. The fraction of sp³-hybridized carbons (Fsp3) is 0.556. The average molecular weight is 267 g/mol. The van der Waals surface area contributed by atoms with Crippen molar-refractivity contribution in [1.82, 2.24) is 14.6 Å². The molecule has 0 atom stereocenters. The molecule has 0 aliphatic carbocycles. The maximum absolute atomic E-state index is 12.2. The van der Waals surface area contributed by atoms with Gasteiger partial charge in [-0.05, 0) is 0 Å². The highest BCUT2D eigenvalue weighted by atomic mass is 32.1. The highest BCUT2D eigenvalue weighted by Gasteiger charge is 2.34. The van der Waals surface area contributed by atoms with Crippen LogP contribution in [0.1, 0.15) is 24.5 Å². The van der Waals surface area contributed by atoms with E-state index in [1.165, 1.54) is 7.11 Å². The van der Waals surface area contributed by atoms with Gasteiger partial charge in [0.2, 0.25) is 4.96 Å². The van der Waals surface area contributed by atoms with Gasteiger partial charge >= 0.3 is 6.18 Å². The zero-order valence-corrected chi connectivity index (χ0v) is 10.4. The van der Waals surface area contributed by atoms with E-state index < -0.39 is 11.9 Å². The summed E-state index contributed by atoms with van der Waals surface area (Å²) < 4.78 is 42.6. The highest BCUT2D eigenvalue weighted by Crippen LogP contribution is 2.29. The minimum Gasteiger partial charge on any atom is -0.377 e. The number of imidazole rings is 1. The number of aromatic nitrogens is 3. The summed E-state index contributed by atoms with van der Waals surface area (Å²) in [5, 5.41) is 4.48. The summed E-state index contributed by atoms with van der Waals surface area (Å²) in [6, 6.07) is 0. The lowest BCUT2D eigenvalue weighted by Gasteiger charge is -1.98. The van der Waals surface area contributed by atoms with Crippen LogP contribution in [0.15, 0.2) is 6.20 Å². The van der Waals surface area contributed by atoms with Crippen LogP contribution in [0.4, 0.5) is 13.2 Å². The Labute approximate surface area is 100 Å². The Morgan fingerprint density at radius 2 is 2.06 bits per heavy atom. The quantitative estimate of drug-likeness (QED) is 0.839. The average Bonchev–Trinajstić information content (AvgIpc) is 2.77. The van der Waals surface area contributed by atoms with E-state index in [1.807, 2.05) is 13.8 Å². The van der Waals surface area contributed by atoms with E-state index >= 15 is 0 Å². The molecule has 0 spiro atoms. The van der Waals surface area contributed by atoms with Crippen molar-refractivity contribution in [2.24, 2.45) is 0 Å². The third kappa shape index (κ3) is 3.16. The number of rotatable bonds is 2. The molecular formula is C9H12F3N3OS. The van der Waals surface area contributed by atoms with Gasteiger partial charge in [0.1, 0.15) is 5.01 Å². The molecule has 0 N–H and O–H groups in total. The van der Waals surface area contributed by atoms with Gasteiger partial charge in [-0.15, -0.1) is 0 Å². The number of hydrogen-bond donors (Lipinski definition) is 0. The lowest BCUT2D eigenvalue weighted by molar-refractivity contribution is -0.140. The Morgan fingerprint density at radius 3 is 2.53 bits per heavy atom. The zero-order valence-electron chi connectivity index (χ0n) is 9.58. The minimum absolute atomic E-state index is 0.217. The SMILES string of the molecule is CC.COCc1nn2cc(C(F)(F)F)nc2s1. The fourth-order valence-electron chi connectivity index (χ4n) is 1.06. The lowest BCUT2D eigenvalue weighted by Crippen LogP contribution is -2.04. The maximum atomic E-state index is 12.2. The van der Waals surface area contributed by atoms with E-state index in [4.69, 9.17) is 4.74 Å². The topological polar surface area (TPSA) is 39.4 Å². The van der Waals surface area contributed by atoms with E-state index in [-0.39, 0.29) is 11.6 Å². The van der Waals surface area contributed by atoms with Crippen molar-refractivity contribution in [2.75, 3.05) is 7.11 Å². The van der Waals surface area contributed by atoms with Gasteiger partial charge in [0.05, 0.1) is 12.8 Å². The van der Waals surface area contributed by atoms with Gasteiger partial charge in [-0.25, -0.2) is 9.50 Å². The first-order valence-electron chi connectivity index (χ1n) is 4.92. The van der Waals surface area contributed by atoms with Crippen molar-refractivity contribution >= 4 is 16.3 Å². The number of hydrogen-bond acceptors (Lipinski definition) is 4. The third-order valence-corrected chi connectivity index (χ3v) is 2.54. The Bertz CT molecular complexity index is 446. The summed E-state index contributed by atoms with van der Waals surface area (Å²) in [5.41, 5.74) is -0.926. The summed E-state index contributed by atoms with van der Waals surface area (Å²) in [7, 11) is 1.49. The molecule has 2 aromatic heterocycles. The van der Waals surface area contributed by atoms with Gasteiger partial charge in [0, 0.05) is 7.11 Å². The molecule has 8 heteroatoms. The molecule has 0 aliphatic heterocycles. The molecule has 0 bridgehead atoms. The molecule has 2 rings (SSSR count). The van der Waals surface area contributed by atoms with E-state index in [0.717, 1.165) is 22.0 Å². The van der Waals surface area contributed by atoms with Gasteiger partial charge in [-0.2, -0.15) is 18.3 Å². The summed E-state index contributed by atoms with van der Waals surface area (Å²) in [5.74, 6) is 0. The standard InChI is InChI=1S/C7H6F3N3OS.C2H6/c1-14-3-5-12-13-2-4(7(8,9)10)11-6(13)15-5;1-2/h2H,3H2,1H3;1-2H3. The van der Waals surface area contributed by atoms with Crippen molar-refractivity contribution in [3.63, 3.8) is 0 Å². The predicted octanol–water partition coefficient (Wildman–Crippen LogP) is 2.98. The molecule has 96 valence electrons. The van der Waals surface area contributed by atoms with Crippen LogP contribution < -0.4 is 0 Å². The number of nitrogens with zero attached hydrogens (tertiary/aromatic N) is 3. The molecule has 2 heterocycles. The molecule has 4 nitrogen and oxygen atoms in total. The van der Waals surface area contributed by atoms with Crippen molar-refractivity contribution < 1.29 is 17.9 Å². The zero-order chi connectivity index (χ0) is 13.1. The van der Waals surface area contributed by atoms with Crippen LogP contribution in [0.3, 0.4) is 0 Å². The fourth-order valence-corrected chi connectivity index (χ4v) is 1.91. The van der Waals surface area contributed by atoms with Gasteiger partial charge in [-0.1, -0.05) is 25.2 Å². The molecule has 0 saturated heterocycles. The predicted molar refractivity (Wildman–Crippen MR) is 57.9 cm³/mol. The number of alkyl halides is 3. The molecule has 0 fully saturated rings. The first-order valence-corrected chi connectivity index (χ1v) is 5.73. The van der Waals surface area contributed by atoms with Gasteiger partial charge in [-0.3, -0.25) is 0 Å². The largest absolute Gasteiger partial charge is 0.435 e. The normalized spacial score (nSPS) is 11.4. The minimum atomic E-state index is -4.42. The second-order valence-electron chi connectivity index (χ2n) is 2.78. The van der Waals surface area contributed by atoms with E-state index in [2.05, 4.69) is 10.1 Å². The second-order valence-corrected chi connectivity index (χ2v) is 3.82. The van der Waals surface area contributed by atoms with E-state index in [1.54, 1.807) is 0 Å². The van der Waals surface area contributed by atoms with Crippen molar-refractivity contribution in [3.8, 4) is 0 Å². The Balaban J connectivity index is 0.000000686. The second kappa shape index (κ2) is 5.46. The van der Waals surface area contributed by atoms with Crippen molar-refractivity contribution in [1.29, 1.82) is 0 Å². The Kier molecular flexibility index (Phi) is 4.47. The molecule has 17 heavy (non-hydrogen) atoms. The summed E-state index contributed by atoms with van der Waals surface area (Å²) in [6.07, 6.45) is -3.56. The number of ether oxygens (including phenoxy) is 1. The number of fused-ring (bicyclic) bond motifs is 1. The van der Waals surface area contributed by atoms with Crippen LogP contribution in [0.25, 0.3) is 4.96 Å². The maximum Gasteiger partial charge on any atom is 0.435 e. The summed E-state index contributed by atoms with van der Waals surface area (Å²) in [4.78, 5) is 3.64. The van der Waals surface area contributed by atoms with Gasteiger partial charge in [0.25, 0.3) is 0 Å². The lowest BCUT2D eigenvalue weighted by atomic mass is 10.5. The molecular weight excluding hydrogens is 255 g/mol. The monoisotopic (exact) mass is 267 g/mol. The molecule has 0 aliphatic rings. The molecule has 0 amide bonds. The van der Waals surface area contributed by atoms with Crippen molar-refractivity contribution in [2.45, 2.75) is 26.6 Å². The van der Waals surface area contributed by atoms with Crippen LogP contribution >= 0.6 is 11.3 Å². The molecule has 0 radical (unpaired) electrons. The van der Waals surface area contributed by atoms with Crippen LogP contribution in [0, 0.1) is 0 Å². The molecule has 2 aromatic rings. The first-order chi connectivity index (χ1) is 8.00. The van der Waals surface area contributed by atoms with Gasteiger partial charge < -0.3 is 4.74 Å². The first kappa shape index (κ1) is 13.9. The van der Waals surface area contributed by atoms with E-state index in [0.29, 0.717) is 5.01 Å². The highest BCUT2D eigenvalue weighted by molar-refractivity contribution is 7.16. The number of methoxy groups -OCH3 is 1. The smallest absolute Gasteiger partial charge is 0.377 e. The molecule has 0 saturated carbocycles. The van der Waals surface area contributed by atoms with Crippen LogP contribution in [-0.4, -0.2) is 21.7 Å². The van der Waals surface area contributed by atoms with Crippen LogP contribution in [-0.2, 0) is 17.5 Å². The van der Waals surface area contributed by atoms with E-state index in [9.17, 15) is 13.2 Å². The number of halogens is 3. The summed E-state index contributed by atoms with van der Waals surface area (Å²) in [6.45, 7) is 4.27. The Hall–Kier alpha value is -1.15. The van der Waals surface area contributed by atoms with Gasteiger partial charge in [0.15, 0.2) is 5.69 Å². The Morgan fingerprint density at radius 1 is 1.41 bits per heavy atom. The summed E-state index contributed by atoms with van der Waals surface area (Å²) >= 11 is 1.07. The van der Waals surface area contributed by atoms with Crippen molar-refractivity contribution in [3.05, 3.63) is 16.9 Å². The van der Waals surface area contributed by atoms with Crippen LogP contribution in [0.5, 0.6) is 0 Å².